The lowest BCUT2D eigenvalue weighted by Crippen LogP contribution is -2.23. The quantitative estimate of drug-likeness (QED) is 0.718. The van der Waals surface area contributed by atoms with Crippen molar-refractivity contribution in [3.8, 4) is 6.07 Å². The summed E-state index contributed by atoms with van der Waals surface area (Å²) in [6.45, 7) is 1.28. The molecule has 0 spiro atoms. The fraction of sp³-hybridized carbons (Fsp3) is 0.125. The van der Waals surface area contributed by atoms with Gasteiger partial charge in [0.15, 0.2) is 0 Å². The van der Waals surface area contributed by atoms with Gasteiger partial charge in [0, 0.05) is 11.1 Å². The molecule has 0 bridgehead atoms. The van der Waals surface area contributed by atoms with Crippen LogP contribution in [0.2, 0.25) is 0 Å². The molecule has 0 aliphatic rings. The smallest absolute Gasteiger partial charge is 0.147 e. The Labute approximate surface area is 126 Å². The van der Waals surface area contributed by atoms with Crippen molar-refractivity contribution < 1.29 is 4.42 Å². The van der Waals surface area contributed by atoms with Crippen LogP contribution in [0.5, 0.6) is 0 Å². The molecule has 3 aromatic rings. The molecule has 0 amide bonds. The summed E-state index contributed by atoms with van der Waals surface area (Å²) in [6.07, 6.45) is 3.36. The second kappa shape index (κ2) is 6.25. The number of rotatable bonds is 5. The third-order valence-corrected chi connectivity index (χ3v) is 3.92. The Hall–Kier alpha value is -2.58. The molecule has 0 saturated heterocycles. The maximum Gasteiger partial charge on any atom is 0.147 e. The molecule has 0 N–H and O–H groups in total. The SMILES string of the molecule is N#Cc1cccnc1N(Cc1ccco1)Cc1cccs1. The van der Waals surface area contributed by atoms with Crippen molar-refractivity contribution in [1.29, 1.82) is 5.26 Å². The number of nitriles is 1. The molecule has 3 rings (SSSR count). The van der Waals surface area contributed by atoms with Gasteiger partial charge in [-0.15, -0.1) is 11.3 Å². The highest BCUT2D eigenvalue weighted by atomic mass is 32.1. The van der Waals surface area contributed by atoms with Crippen molar-refractivity contribution in [3.05, 3.63) is 70.4 Å². The number of thiophene rings is 1. The zero-order valence-electron chi connectivity index (χ0n) is 11.3. The van der Waals surface area contributed by atoms with E-state index in [1.54, 1.807) is 35.9 Å². The summed E-state index contributed by atoms with van der Waals surface area (Å²) in [6, 6.07) is 13.7. The first-order valence-corrected chi connectivity index (χ1v) is 7.39. The molecule has 0 aliphatic carbocycles. The van der Waals surface area contributed by atoms with Crippen molar-refractivity contribution >= 4 is 17.2 Å². The molecule has 0 fully saturated rings. The first kappa shape index (κ1) is 13.4. The third-order valence-electron chi connectivity index (χ3n) is 3.06. The summed E-state index contributed by atoms with van der Waals surface area (Å²) in [5, 5.41) is 11.3. The van der Waals surface area contributed by atoms with Crippen LogP contribution in [0, 0.1) is 11.3 Å². The molecule has 0 saturated carbocycles. The van der Waals surface area contributed by atoms with Gasteiger partial charge in [0.2, 0.25) is 0 Å². The standard InChI is InChI=1S/C16H13N3OS/c17-10-13-4-1-7-18-16(13)19(11-14-5-2-8-20-14)12-15-6-3-9-21-15/h1-9H,11-12H2. The van der Waals surface area contributed by atoms with E-state index in [2.05, 4.69) is 22.0 Å². The molecule has 0 atom stereocenters. The molecule has 0 unspecified atom stereocenters. The van der Waals surface area contributed by atoms with E-state index >= 15 is 0 Å². The molecule has 3 heterocycles. The predicted molar refractivity (Wildman–Crippen MR) is 81.9 cm³/mol. The highest BCUT2D eigenvalue weighted by molar-refractivity contribution is 7.09. The van der Waals surface area contributed by atoms with Crippen LogP contribution in [0.3, 0.4) is 0 Å². The summed E-state index contributed by atoms with van der Waals surface area (Å²) in [5.41, 5.74) is 0.570. The minimum Gasteiger partial charge on any atom is -0.467 e. The van der Waals surface area contributed by atoms with Crippen molar-refractivity contribution in [3.63, 3.8) is 0 Å². The zero-order valence-corrected chi connectivity index (χ0v) is 12.1. The number of pyridine rings is 1. The second-order valence-electron chi connectivity index (χ2n) is 4.50. The number of hydrogen-bond donors (Lipinski definition) is 0. The van der Waals surface area contributed by atoms with Crippen LogP contribution in [0.4, 0.5) is 5.82 Å². The Bertz CT molecular complexity index is 693. The topological polar surface area (TPSA) is 53.1 Å². The van der Waals surface area contributed by atoms with E-state index in [0.29, 0.717) is 24.5 Å². The average Bonchev–Trinajstić information content (AvgIpc) is 3.20. The molecule has 0 aliphatic heterocycles. The molecular weight excluding hydrogens is 282 g/mol. The van der Waals surface area contributed by atoms with Crippen LogP contribution < -0.4 is 4.90 Å². The number of aromatic nitrogens is 1. The van der Waals surface area contributed by atoms with Crippen molar-refractivity contribution in [2.45, 2.75) is 13.1 Å². The molecule has 21 heavy (non-hydrogen) atoms. The highest BCUT2D eigenvalue weighted by Crippen LogP contribution is 2.23. The van der Waals surface area contributed by atoms with Gasteiger partial charge in [0.25, 0.3) is 0 Å². The summed E-state index contributed by atoms with van der Waals surface area (Å²) >= 11 is 1.69. The molecule has 0 aromatic carbocycles. The van der Waals surface area contributed by atoms with E-state index in [0.717, 1.165) is 5.76 Å². The Balaban J connectivity index is 1.93. The van der Waals surface area contributed by atoms with E-state index < -0.39 is 0 Å². The lowest BCUT2D eigenvalue weighted by atomic mass is 10.2. The van der Waals surface area contributed by atoms with Crippen LogP contribution in [-0.4, -0.2) is 4.98 Å². The van der Waals surface area contributed by atoms with E-state index in [1.165, 1.54) is 4.88 Å². The van der Waals surface area contributed by atoms with Gasteiger partial charge in [-0.1, -0.05) is 6.07 Å². The monoisotopic (exact) mass is 295 g/mol. The first-order valence-electron chi connectivity index (χ1n) is 6.51. The van der Waals surface area contributed by atoms with Gasteiger partial charge in [-0.3, -0.25) is 0 Å². The molecule has 3 aromatic heterocycles. The fourth-order valence-corrected chi connectivity index (χ4v) is 2.84. The highest BCUT2D eigenvalue weighted by Gasteiger charge is 2.15. The summed E-state index contributed by atoms with van der Waals surface area (Å²) in [4.78, 5) is 7.65. The Morgan fingerprint density at radius 1 is 1.19 bits per heavy atom. The Morgan fingerprint density at radius 3 is 2.86 bits per heavy atom. The summed E-state index contributed by atoms with van der Waals surface area (Å²) in [5.74, 6) is 1.53. The Kier molecular flexibility index (Phi) is 3.99. The maximum absolute atomic E-state index is 9.28. The third kappa shape index (κ3) is 3.12. The lowest BCUT2D eigenvalue weighted by Gasteiger charge is -2.22. The van der Waals surface area contributed by atoms with Gasteiger partial charge >= 0.3 is 0 Å². The van der Waals surface area contributed by atoms with Gasteiger partial charge in [-0.05, 0) is 35.7 Å². The minimum absolute atomic E-state index is 0.570. The summed E-state index contributed by atoms with van der Waals surface area (Å²) < 4.78 is 5.43. The van der Waals surface area contributed by atoms with Crippen LogP contribution in [0.15, 0.2) is 58.7 Å². The predicted octanol–water partition coefficient (Wildman–Crippen LogP) is 3.81. The molecule has 4 nitrogen and oxygen atoms in total. The van der Waals surface area contributed by atoms with Crippen molar-refractivity contribution in [2.24, 2.45) is 0 Å². The molecular formula is C16H13N3OS. The maximum atomic E-state index is 9.28. The van der Waals surface area contributed by atoms with Crippen LogP contribution in [-0.2, 0) is 13.1 Å². The van der Waals surface area contributed by atoms with Crippen LogP contribution in [0.1, 0.15) is 16.2 Å². The molecule has 104 valence electrons. The normalized spacial score (nSPS) is 10.2. The van der Waals surface area contributed by atoms with E-state index in [-0.39, 0.29) is 0 Å². The fourth-order valence-electron chi connectivity index (χ4n) is 2.12. The van der Waals surface area contributed by atoms with Gasteiger partial charge in [-0.2, -0.15) is 5.26 Å². The average molecular weight is 295 g/mol. The molecule has 0 radical (unpaired) electrons. The van der Waals surface area contributed by atoms with Crippen molar-refractivity contribution in [1.82, 2.24) is 4.98 Å². The number of anilines is 1. The number of hydrogen-bond acceptors (Lipinski definition) is 5. The zero-order chi connectivity index (χ0) is 14.5. The van der Waals surface area contributed by atoms with Crippen LogP contribution >= 0.6 is 11.3 Å². The number of nitrogens with zero attached hydrogens (tertiary/aromatic N) is 3. The lowest BCUT2D eigenvalue weighted by molar-refractivity contribution is 0.501. The van der Waals surface area contributed by atoms with Gasteiger partial charge in [0.05, 0.1) is 24.9 Å². The van der Waals surface area contributed by atoms with Crippen molar-refractivity contribution in [2.75, 3.05) is 4.90 Å². The van der Waals surface area contributed by atoms with Crippen LogP contribution in [0.25, 0.3) is 0 Å². The minimum atomic E-state index is 0.570. The molecule has 5 heteroatoms. The van der Waals surface area contributed by atoms with E-state index in [9.17, 15) is 5.26 Å². The van der Waals surface area contributed by atoms with E-state index in [1.807, 2.05) is 23.6 Å². The second-order valence-corrected chi connectivity index (χ2v) is 5.53. The van der Waals surface area contributed by atoms with Gasteiger partial charge in [-0.25, -0.2) is 4.98 Å². The Morgan fingerprint density at radius 2 is 2.14 bits per heavy atom. The largest absolute Gasteiger partial charge is 0.467 e. The first-order chi connectivity index (χ1) is 10.4. The van der Waals surface area contributed by atoms with E-state index in [4.69, 9.17) is 4.42 Å². The number of furan rings is 1. The van der Waals surface area contributed by atoms with Gasteiger partial charge < -0.3 is 9.32 Å². The van der Waals surface area contributed by atoms with Gasteiger partial charge in [0.1, 0.15) is 17.6 Å². The summed E-state index contributed by atoms with van der Waals surface area (Å²) in [7, 11) is 0.